The smallest absolute Gasteiger partial charge is 0.407 e. The van der Waals surface area contributed by atoms with E-state index in [1.807, 2.05) is 62.2 Å². The molecule has 5 heterocycles. The standard InChI is InChI=1S/C50H57N5O6/c1-28(2)47(53-50(58)60-6)49(57)55-29(3)12-17-44(55)42-21-35(24-51-42)33-13-15-37-36(19-33)27-61-46-23-38-34(20-40(37)46)14-16-41-39(38)22-43(52-41)45-18-31(26-59-5)25-54(45)48(56)30(4)32-10-8-7-9-11-32/h7-11,13,15,19-20,23-24,28-31,44-45,47H,12,14,16-18,21-22,25-27H2,1-6H3,(H,53,58)/t29-,30+,31-,44-,45-,47-/m0/s1. The number of amides is 3. The van der Waals surface area contributed by atoms with Gasteiger partial charge < -0.3 is 29.3 Å². The van der Waals surface area contributed by atoms with Gasteiger partial charge in [-0.15, -0.1) is 0 Å². The first kappa shape index (κ1) is 40.8. The molecule has 3 aromatic carbocycles. The lowest BCUT2D eigenvalue weighted by molar-refractivity contribution is -0.136. The van der Waals surface area contributed by atoms with Crippen LogP contribution in [0.5, 0.6) is 5.75 Å². The van der Waals surface area contributed by atoms with Gasteiger partial charge in [-0.3, -0.25) is 19.6 Å². The fourth-order valence-electron chi connectivity index (χ4n) is 10.6. The number of fused-ring (bicyclic) bond motifs is 5. The number of benzene rings is 3. The number of ether oxygens (including phenoxy) is 3. The van der Waals surface area contributed by atoms with Crippen molar-refractivity contribution in [2.45, 2.75) is 109 Å². The summed E-state index contributed by atoms with van der Waals surface area (Å²) in [4.78, 5) is 54.3. The Bertz CT molecular complexity index is 2380. The minimum Gasteiger partial charge on any atom is -0.488 e. The van der Waals surface area contributed by atoms with Gasteiger partial charge in [-0.25, -0.2) is 4.79 Å². The predicted molar refractivity (Wildman–Crippen MR) is 237 cm³/mol. The number of methoxy groups -OCH3 is 2. The molecule has 9 rings (SSSR count). The zero-order chi connectivity index (χ0) is 42.5. The molecule has 61 heavy (non-hydrogen) atoms. The molecule has 11 heteroatoms. The van der Waals surface area contributed by atoms with Crippen LogP contribution in [0.1, 0.15) is 100.0 Å². The van der Waals surface area contributed by atoms with Crippen LogP contribution in [0.3, 0.4) is 0 Å². The first-order valence-electron chi connectivity index (χ1n) is 22.0. The average molecular weight is 824 g/mol. The van der Waals surface area contributed by atoms with Crippen molar-refractivity contribution < 1.29 is 28.6 Å². The number of nitrogens with one attached hydrogen (secondary N) is 1. The molecule has 11 nitrogen and oxygen atoms in total. The zero-order valence-corrected chi connectivity index (χ0v) is 36.2. The molecule has 6 atom stereocenters. The maximum absolute atomic E-state index is 14.1. The summed E-state index contributed by atoms with van der Waals surface area (Å²) in [5, 5.41) is 2.76. The van der Waals surface area contributed by atoms with Crippen molar-refractivity contribution in [3.8, 4) is 16.9 Å². The Hall–Kier alpha value is -5.55. The van der Waals surface area contributed by atoms with Crippen LogP contribution in [0, 0.1) is 11.8 Å². The monoisotopic (exact) mass is 823 g/mol. The summed E-state index contributed by atoms with van der Waals surface area (Å²) < 4.78 is 17.0. The Morgan fingerprint density at radius 1 is 0.885 bits per heavy atom. The van der Waals surface area contributed by atoms with E-state index in [2.05, 4.69) is 47.5 Å². The highest BCUT2D eigenvalue weighted by Crippen LogP contribution is 2.47. The first-order chi connectivity index (χ1) is 29.5. The summed E-state index contributed by atoms with van der Waals surface area (Å²) in [6.07, 6.45) is 7.10. The van der Waals surface area contributed by atoms with Gasteiger partial charge in [0.15, 0.2) is 0 Å². The summed E-state index contributed by atoms with van der Waals surface area (Å²) in [5.74, 6) is 0.893. The average Bonchev–Trinajstić information content (AvgIpc) is 4.10. The van der Waals surface area contributed by atoms with Gasteiger partial charge in [0.2, 0.25) is 11.8 Å². The molecule has 318 valence electrons. The SMILES string of the molecule is COC[C@H]1C[C@@H](C2=NC3=C(C2)c2cc4c(cc2CC3)-c2ccc(C3=CN=C([C@@H]5CC[C@H](C)N5C(=O)[C@@H](NC(=O)OC)C(C)C)C3)cc2CO4)N(C(=O)[C@H](C)c2ccccc2)C1. The number of aliphatic imine (C=N–C) groups is 2. The maximum Gasteiger partial charge on any atom is 0.407 e. The van der Waals surface area contributed by atoms with Gasteiger partial charge in [0.1, 0.15) is 18.4 Å². The number of nitrogens with zero attached hydrogens (tertiary/aromatic N) is 4. The van der Waals surface area contributed by atoms with Crippen molar-refractivity contribution >= 4 is 40.5 Å². The van der Waals surface area contributed by atoms with Gasteiger partial charge in [0, 0.05) is 67.3 Å². The molecule has 2 fully saturated rings. The van der Waals surface area contributed by atoms with Crippen LogP contribution in [0.15, 0.2) is 82.5 Å². The summed E-state index contributed by atoms with van der Waals surface area (Å²) in [6.45, 7) is 9.73. The highest BCUT2D eigenvalue weighted by atomic mass is 16.5. The number of hydrogen-bond donors (Lipinski definition) is 1. The van der Waals surface area contributed by atoms with E-state index < -0.39 is 12.1 Å². The Morgan fingerprint density at radius 3 is 2.48 bits per heavy atom. The molecule has 2 saturated heterocycles. The maximum atomic E-state index is 14.1. The van der Waals surface area contributed by atoms with E-state index in [4.69, 9.17) is 24.2 Å². The van der Waals surface area contributed by atoms with E-state index in [-0.39, 0.29) is 47.7 Å². The number of likely N-dealkylation sites (tertiary alicyclic amines) is 2. The lowest BCUT2D eigenvalue weighted by Gasteiger charge is -2.33. The number of allylic oxidation sites excluding steroid dienone is 3. The summed E-state index contributed by atoms with van der Waals surface area (Å²) in [5.41, 5.74) is 13.7. The number of rotatable bonds is 10. The Morgan fingerprint density at radius 2 is 1.70 bits per heavy atom. The minimum atomic E-state index is -0.676. The summed E-state index contributed by atoms with van der Waals surface area (Å²) in [7, 11) is 3.05. The molecule has 5 aliphatic heterocycles. The van der Waals surface area contributed by atoms with Crippen LogP contribution in [-0.4, -0.2) is 90.7 Å². The molecular formula is C50H57N5O6. The van der Waals surface area contributed by atoms with E-state index >= 15 is 0 Å². The third-order valence-corrected chi connectivity index (χ3v) is 13.9. The van der Waals surface area contributed by atoms with E-state index in [0.717, 1.165) is 89.2 Å². The Kier molecular flexibility index (Phi) is 11.2. The molecule has 0 spiro atoms. The largest absolute Gasteiger partial charge is 0.488 e. The molecular weight excluding hydrogens is 767 g/mol. The second-order valence-electron chi connectivity index (χ2n) is 18.1. The van der Waals surface area contributed by atoms with Crippen LogP contribution < -0.4 is 10.1 Å². The van der Waals surface area contributed by atoms with Gasteiger partial charge in [0.05, 0.1) is 31.7 Å². The topological polar surface area (TPSA) is 122 Å². The highest BCUT2D eigenvalue weighted by Gasteiger charge is 2.44. The predicted octanol–water partition coefficient (Wildman–Crippen LogP) is 8.36. The quantitative estimate of drug-likeness (QED) is 0.219. The number of carbonyl (C=O) groups is 3. The fourth-order valence-corrected chi connectivity index (χ4v) is 10.6. The molecule has 0 unspecified atom stereocenters. The second kappa shape index (κ2) is 16.7. The molecule has 0 aromatic heterocycles. The Labute approximate surface area is 358 Å². The van der Waals surface area contributed by atoms with Crippen molar-refractivity contribution in [2.75, 3.05) is 27.4 Å². The first-order valence-corrected chi connectivity index (χ1v) is 22.0. The van der Waals surface area contributed by atoms with Gasteiger partial charge in [-0.1, -0.05) is 56.3 Å². The zero-order valence-electron chi connectivity index (χ0n) is 36.2. The summed E-state index contributed by atoms with van der Waals surface area (Å²) >= 11 is 0. The molecule has 0 radical (unpaired) electrons. The lowest BCUT2D eigenvalue weighted by Crippen LogP contribution is -2.55. The third kappa shape index (κ3) is 7.59. The second-order valence-corrected chi connectivity index (χ2v) is 18.1. The Balaban J connectivity index is 0.897. The molecule has 0 saturated carbocycles. The molecule has 1 aliphatic carbocycles. The van der Waals surface area contributed by atoms with Gasteiger partial charge in [-0.05, 0) is 115 Å². The van der Waals surface area contributed by atoms with Crippen LogP contribution in [0.2, 0.25) is 0 Å². The normalized spacial score (nSPS) is 23.6. The molecule has 3 aromatic rings. The summed E-state index contributed by atoms with van der Waals surface area (Å²) in [6, 6.07) is 20.5. The van der Waals surface area contributed by atoms with Crippen LogP contribution in [-0.2, 0) is 32.1 Å². The van der Waals surface area contributed by atoms with Crippen molar-refractivity contribution in [1.29, 1.82) is 0 Å². The van der Waals surface area contributed by atoms with Crippen LogP contribution >= 0.6 is 0 Å². The van der Waals surface area contributed by atoms with Gasteiger partial charge >= 0.3 is 6.09 Å². The van der Waals surface area contributed by atoms with Crippen molar-refractivity contribution in [1.82, 2.24) is 15.1 Å². The highest BCUT2D eigenvalue weighted by molar-refractivity contribution is 6.06. The number of aryl methyl sites for hydroxylation is 1. The van der Waals surface area contributed by atoms with E-state index in [1.165, 1.54) is 29.4 Å². The lowest BCUT2D eigenvalue weighted by atomic mass is 9.83. The molecule has 6 aliphatic rings. The van der Waals surface area contributed by atoms with Crippen molar-refractivity contribution in [3.63, 3.8) is 0 Å². The van der Waals surface area contributed by atoms with Gasteiger partial charge in [0.25, 0.3) is 0 Å². The van der Waals surface area contributed by atoms with E-state index in [0.29, 0.717) is 26.2 Å². The van der Waals surface area contributed by atoms with E-state index in [1.54, 1.807) is 7.11 Å². The third-order valence-electron chi connectivity index (χ3n) is 13.9. The van der Waals surface area contributed by atoms with Crippen molar-refractivity contribution in [2.24, 2.45) is 21.8 Å². The van der Waals surface area contributed by atoms with Gasteiger partial charge in [-0.2, -0.15) is 0 Å². The van der Waals surface area contributed by atoms with Crippen LogP contribution in [0.4, 0.5) is 4.79 Å². The minimum absolute atomic E-state index is 0.0408. The van der Waals surface area contributed by atoms with Crippen molar-refractivity contribution in [3.05, 3.63) is 100 Å². The molecule has 1 N–H and O–H groups in total. The van der Waals surface area contributed by atoms with Crippen LogP contribution in [0.25, 0.3) is 22.3 Å². The number of alkyl carbamates (subject to hydrolysis) is 1. The number of hydrogen-bond acceptors (Lipinski definition) is 8. The fraction of sp³-hybridized carbons (Fsp3) is 0.460. The molecule has 0 bridgehead atoms. The number of carbonyl (C=O) groups excluding carboxylic acids is 3. The van der Waals surface area contributed by atoms with E-state index in [9.17, 15) is 14.4 Å². The molecule has 3 amide bonds.